The Bertz CT molecular complexity index is 603. The van der Waals surface area contributed by atoms with Gasteiger partial charge in [0.2, 0.25) is 0 Å². The van der Waals surface area contributed by atoms with Crippen LogP contribution in [0.3, 0.4) is 0 Å². The van der Waals surface area contributed by atoms with E-state index < -0.39 is 0 Å². The summed E-state index contributed by atoms with van der Waals surface area (Å²) < 4.78 is 2.30. The number of carbonyl (C=O) groups excluding carboxylic acids is 1. The highest BCUT2D eigenvalue weighted by molar-refractivity contribution is 9.10. The number of amides is 1. The first-order valence-electron chi connectivity index (χ1n) is 6.23. The van der Waals surface area contributed by atoms with Crippen molar-refractivity contribution in [3.63, 3.8) is 0 Å². The number of hydrogen-bond acceptors (Lipinski definition) is 4. The van der Waals surface area contributed by atoms with Crippen molar-refractivity contribution < 1.29 is 4.79 Å². The largest absolute Gasteiger partial charge is 0.304 e. The number of aromatic nitrogens is 4. The van der Waals surface area contributed by atoms with E-state index in [1.165, 1.54) is 0 Å². The lowest BCUT2D eigenvalue weighted by atomic mass is 10.3. The Labute approximate surface area is 125 Å². The van der Waals surface area contributed by atoms with Gasteiger partial charge in [0.05, 0.1) is 16.4 Å². The fourth-order valence-electron chi connectivity index (χ4n) is 1.85. The van der Waals surface area contributed by atoms with Crippen molar-refractivity contribution in [1.82, 2.24) is 24.9 Å². The minimum absolute atomic E-state index is 0.237. The molecule has 0 saturated heterocycles. The third-order valence-electron chi connectivity index (χ3n) is 2.67. The molecule has 20 heavy (non-hydrogen) atoms. The van der Waals surface area contributed by atoms with Gasteiger partial charge < -0.3 is 10.2 Å². The zero-order chi connectivity index (χ0) is 14.7. The van der Waals surface area contributed by atoms with E-state index in [0.717, 1.165) is 12.2 Å². The van der Waals surface area contributed by atoms with Crippen LogP contribution in [0.5, 0.6) is 0 Å². The highest BCUT2D eigenvalue weighted by Crippen LogP contribution is 2.17. The molecule has 2 aromatic rings. The lowest BCUT2D eigenvalue weighted by molar-refractivity contribution is 0.101. The van der Waals surface area contributed by atoms with E-state index in [9.17, 15) is 4.79 Å². The summed E-state index contributed by atoms with van der Waals surface area (Å²) in [7, 11) is 3.94. The molecule has 0 aliphatic carbocycles. The normalized spacial score (nSPS) is 11.1. The number of hydrogen-bond donors (Lipinski definition) is 2. The van der Waals surface area contributed by atoms with Gasteiger partial charge in [-0.1, -0.05) is 0 Å². The molecule has 0 aliphatic heterocycles. The van der Waals surface area contributed by atoms with E-state index >= 15 is 0 Å². The van der Waals surface area contributed by atoms with Crippen LogP contribution in [0.25, 0.3) is 0 Å². The minimum atomic E-state index is -0.237. The molecule has 0 radical (unpaired) electrons. The zero-order valence-corrected chi connectivity index (χ0v) is 13.2. The summed E-state index contributed by atoms with van der Waals surface area (Å²) in [6.45, 7) is 3.29. The van der Waals surface area contributed by atoms with Crippen LogP contribution in [-0.2, 0) is 13.1 Å². The maximum atomic E-state index is 12.2. The molecule has 0 spiro atoms. The van der Waals surface area contributed by atoms with Gasteiger partial charge in [-0.3, -0.25) is 14.6 Å². The second-order valence-electron chi connectivity index (χ2n) is 4.63. The fraction of sp³-hybridized carbons (Fsp3) is 0.417. The first-order valence-corrected chi connectivity index (χ1v) is 7.02. The molecule has 0 saturated carbocycles. The van der Waals surface area contributed by atoms with Crippen molar-refractivity contribution in [2.75, 3.05) is 19.4 Å². The highest BCUT2D eigenvalue weighted by Gasteiger charge is 2.17. The van der Waals surface area contributed by atoms with Crippen LogP contribution in [0.1, 0.15) is 23.1 Å². The van der Waals surface area contributed by atoms with Crippen molar-refractivity contribution in [2.45, 2.75) is 20.0 Å². The van der Waals surface area contributed by atoms with E-state index in [-0.39, 0.29) is 5.91 Å². The maximum absolute atomic E-state index is 12.2. The summed E-state index contributed by atoms with van der Waals surface area (Å²) in [5.74, 6) is 0.265. The van der Waals surface area contributed by atoms with Gasteiger partial charge in [0.1, 0.15) is 5.69 Å². The Morgan fingerprint density at radius 1 is 1.55 bits per heavy atom. The third kappa shape index (κ3) is 3.26. The van der Waals surface area contributed by atoms with Gasteiger partial charge in [0, 0.05) is 19.2 Å². The van der Waals surface area contributed by atoms with Crippen molar-refractivity contribution in [2.24, 2.45) is 0 Å². The van der Waals surface area contributed by atoms with Crippen LogP contribution >= 0.6 is 15.9 Å². The van der Waals surface area contributed by atoms with Crippen molar-refractivity contribution in [1.29, 1.82) is 0 Å². The number of anilines is 1. The van der Waals surface area contributed by atoms with E-state index in [0.29, 0.717) is 22.5 Å². The molecule has 0 aromatic carbocycles. The summed E-state index contributed by atoms with van der Waals surface area (Å²) in [6, 6.07) is 1.82. The van der Waals surface area contributed by atoms with E-state index in [4.69, 9.17) is 0 Å². The molecular formula is C12H17BrN6O. The fourth-order valence-corrected chi connectivity index (χ4v) is 2.33. The Kier molecular flexibility index (Phi) is 4.56. The van der Waals surface area contributed by atoms with Crippen molar-refractivity contribution in [3.05, 3.63) is 28.1 Å². The molecule has 2 aromatic heterocycles. The second-order valence-corrected chi connectivity index (χ2v) is 5.48. The summed E-state index contributed by atoms with van der Waals surface area (Å²) in [6.07, 6.45) is 1.61. The summed E-state index contributed by atoms with van der Waals surface area (Å²) in [5, 5.41) is 13.8. The lowest BCUT2D eigenvalue weighted by Crippen LogP contribution is -2.18. The van der Waals surface area contributed by atoms with Crippen LogP contribution in [0.15, 0.2) is 16.7 Å². The molecule has 2 heterocycles. The summed E-state index contributed by atoms with van der Waals surface area (Å²) in [5.41, 5.74) is 1.43. The molecule has 0 aliphatic rings. The number of aryl methyl sites for hydroxylation is 1. The number of rotatable bonds is 5. The average molecular weight is 341 g/mol. The van der Waals surface area contributed by atoms with Crippen LogP contribution in [-0.4, -0.2) is 44.9 Å². The Balaban J connectivity index is 2.11. The molecule has 2 N–H and O–H groups in total. The molecule has 1 amide bonds. The SMILES string of the molecule is CCn1ncc(Br)c1C(=O)Nc1cc(CN(C)C)[nH]n1. The molecule has 0 bridgehead atoms. The Morgan fingerprint density at radius 2 is 2.30 bits per heavy atom. The van der Waals surface area contributed by atoms with Gasteiger partial charge >= 0.3 is 0 Å². The first kappa shape index (κ1) is 14.7. The monoisotopic (exact) mass is 340 g/mol. The van der Waals surface area contributed by atoms with Gasteiger partial charge in [-0.15, -0.1) is 0 Å². The molecular weight excluding hydrogens is 324 g/mol. The second kappa shape index (κ2) is 6.19. The van der Waals surface area contributed by atoms with Gasteiger partial charge in [-0.05, 0) is 36.9 Å². The van der Waals surface area contributed by atoms with Crippen molar-refractivity contribution in [3.8, 4) is 0 Å². The molecule has 108 valence electrons. The van der Waals surface area contributed by atoms with Crippen LogP contribution in [0.2, 0.25) is 0 Å². The molecule has 0 atom stereocenters. The van der Waals surface area contributed by atoms with Crippen LogP contribution < -0.4 is 5.32 Å². The number of halogens is 1. The molecule has 8 heteroatoms. The van der Waals surface area contributed by atoms with Crippen LogP contribution in [0, 0.1) is 0 Å². The van der Waals surface area contributed by atoms with Crippen molar-refractivity contribution >= 4 is 27.7 Å². The molecule has 0 fully saturated rings. The standard InChI is InChI=1S/C12H17BrN6O/c1-4-19-11(9(13)6-14-19)12(20)15-10-5-8(16-17-10)7-18(2)3/h5-6H,4,7H2,1-3H3,(H2,15,16,17,20). The Morgan fingerprint density at radius 3 is 2.95 bits per heavy atom. The number of nitrogens with zero attached hydrogens (tertiary/aromatic N) is 4. The average Bonchev–Trinajstić information content (AvgIpc) is 2.95. The quantitative estimate of drug-likeness (QED) is 0.868. The van der Waals surface area contributed by atoms with E-state index in [2.05, 4.69) is 36.5 Å². The lowest BCUT2D eigenvalue weighted by Gasteiger charge is -2.06. The third-order valence-corrected chi connectivity index (χ3v) is 3.25. The highest BCUT2D eigenvalue weighted by atomic mass is 79.9. The Hall–Kier alpha value is -1.67. The number of aromatic amines is 1. The van der Waals surface area contributed by atoms with E-state index in [1.54, 1.807) is 10.9 Å². The van der Waals surface area contributed by atoms with E-state index in [1.807, 2.05) is 32.0 Å². The molecule has 2 rings (SSSR count). The van der Waals surface area contributed by atoms with Gasteiger partial charge in [-0.2, -0.15) is 10.2 Å². The first-order chi connectivity index (χ1) is 9.51. The molecule has 7 nitrogen and oxygen atoms in total. The number of carbonyl (C=O) groups is 1. The maximum Gasteiger partial charge on any atom is 0.276 e. The number of H-pyrrole nitrogens is 1. The van der Waals surface area contributed by atoms with Crippen LogP contribution in [0.4, 0.5) is 5.82 Å². The smallest absolute Gasteiger partial charge is 0.276 e. The molecule has 0 unspecified atom stereocenters. The van der Waals surface area contributed by atoms with Gasteiger partial charge in [-0.25, -0.2) is 0 Å². The number of nitrogens with one attached hydrogen (secondary N) is 2. The van der Waals surface area contributed by atoms with Gasteiger partial charge in [0.15, 0.2) is 5.82 Å². The predicted molar refractivity (Wildman–Crippen MR) is 79.5 cm³/mol. The summed E-state index contributed by atoms with van der Waals surface area (Å²) >= 11 is 3.33. The van der Waals surface area contributed by atoms with Gasteiger partial charge in [0.25, 0.3) is 5.91 Å². The predicted octanol–water partition coefficient (Wildman–Crippen LogP) is 1.70. The minimum Gasteiger partial charge on any atom is -0.304 e. The zero-order valence-electron chi connectivity index (χ0n) is 11.6. The topological polar surface area (TPSA) is 78.8 Å². The summed E-state index contributed by atoms with van der Waals surface area (Å²) in [4.78, 5) is 14.3.